The van der Waals surface area contributed by atoms with Gasteiger partial charge in [-0.05, 0) is 50.9 Å². The summed E-state index contributed by atoms with van der Waals surface area (Å²) in [4.78, 5) is 0.407. The van der Waals surface area contributed by atoms with Crippen molar-refractivity contribution >= 4 is 10.0 Å². The van der Waals surface area contributed by atoms with E-state index in [9.17, 15) is 8.42 Å². The third kappa shape index (κ3) is 3.22. The van der Waals surface area contributed by atoms with Gasteiger partial charge in [0, 0.05) is 18.6 Å². The second-order valence-corrected chi connectivity index (χ2v) is 7.32. The molecule has 2 rings (SSSR count). The Kier molecular flexibility index (Phi) is 4.83. The fraction of sp³-hybridized carbons (Fsp3) is 0.600. The molecule has 0 radical (unpaired) electrons. The summed E-state index contributed by atoms with van der Waals surface area (Å²) in [5, 5.41) is 3.15. The summed E-state index contributed by atoms with van der Waals surface area (Å²) in [6, 6.07) is 7.68. The summed E-state index contributed by atoms with van der Waals surface area (Å²) in [7, 11) is -1.44. The first-order valence-electron chi connectivity index (χ1n) is 7.29. The van der Waals surface area contributed by atoms with E-state index in [1.807, 2.05) is 26.1 Å². The summed E-state index contributed by atoms with van der Waals surface area (Å²) < 4.78 is 27.0. The van der Waals surface area contributed by atoms with E-state index >= 15 is 0 Å². The van der Waals surface area contributed by atoms with Crippen LogP contribution in [0, 0.1) is 0 Å². The van der Waals surface area contributed by atoms with E-state index in [2.05, 4.69) is 12.2 Å². The summed E-state index contributed by atoms with van der Waals surface area (Å²) >= 11 is 0. The van der Waals surface area contributed by atoms with Crippen LogP contribution in [0.1, 0.15) is 44.7 Å². The molecule has 1 aliphatic rings. The van der Waals surface area contributed by atoms with Crippen LogP contribution in [0.4, 0.5) is 0 Å². The number of nitrogens with zero attached hydrogens (tertiary/aromatic N) is 1. The Morgan fingerprint density at radius 2 is 1.90 bits per heavy atom. The SMILES string of the molecule is CCCN(C1CC1)S(=O)(=O)c1ccc(C(C)NC)cc1. The second-order valence-electron chi connectivity index (χ2n) is 5.43. The molecule has 0 bridgehead atoms. The van der Waals surface area contributed by atoms with Crippen LogP contribution in [0.3, 0.4) is 0 Å². The first-order chi connectivity index (χ1) is 9.50. The Balaban J connectivity index is 2.24. The van der Waals surface area contributed by atoms with Gasteiger partial charge in [0.1, 0.15) is 0 Å². The van der Waals surface area contributed by atoms with Crippen LogP contribution in [0.2, 0.25) is 0 Å². The van der Waals surface area contributed by atoms with Crippen molar-refractivity contribution in [3.63, 3.8) is 0 Å². The molecular weight excluding hydrogens is 272 g/mol. The predicted octanol–water partition coefficient (Wildman–Crippen LogP) is 2.53. The van der Waals surface area contributed by atoms with Gasteiger partial charge in [-0.2, -0.15) is 4.31 Å². The van der Waals surface area contributed by atoms with Crippen molar-refractivity contribution in [3.8, 4) is 0 Å². The van der Waals surface area contributed by atoms with Crippen LogP contribution < -0.4 is 5.32 Å². The third-order valence-electron chi connectivity index (χ3n) is 3.82. The fourth-order valence-corrected chi connectivity index (χ4v) is 4.09. The smallest absolute Gasteiger partial charge is 0.243 e. The van der Waals surface area contributed by atoms with Gasteiger partial charge in [0.15, 0.2) is 0 Å². The molecule has 5 heteroatoms. The van der Waals surface area contributed by atoms with Gasteiger partial charge >= 0.3 is 0 Å². The minimum absolute atomic E-state index is 0.218. The van der Waals surface area contributed by atoms with Crippen molar-refractivity contribution in [2.45, 2.75) is 50.1 Å². The van der Waals surface area contributed by atoms with Gasteiger partial charge in [0.25, 0.3) is 0 Å². The Morgan fingerprint density at radius 1 is 1.30 bits per heavy atom. The van der Waals surface area contributed by atoms with Gasteiger partial charge in [0.2, 0.25) is 10.0 Å². The fourth-order valence-electron chi connectivity index (χ4n) is 2.31. The van der Waals surface area contributed by atoms with E-state index in [0.717, 1.165) is 24.8 Å². The molecule has 0 amide bonds. The number of benzene rings is 1. The molecule has 0 aliphatic heterocycles. The zero-order valence-electron chi connectivity index (χ0n) is 12.5. The summed E-state index contributed by atoms with van der Waals surface area (Å²) in [5.41, 5.74) is 1.10. The van der Waals surface area contributed by atoms with Crippen molar-refractivity contribution < 1.29 is 8.42 Å². The number of nitrogens with one attached hydrogen (secondary N) is 1. The highest BCUT2D eigenvalue weighted by Crippen LogP contribution is 2.32. The molecule has 20 heavy (non-hydrogen) atoms. The lowest BCUT2D eigenvalue weighted by molar-refractivity contribution is 0.403. The molecule has 112 valence electrons. The molecule has 1 fully saturated rings. The minimum Gasteiger partial charge on any atom is -0.313 e. The molecule has 1 saturated carbocycles. The number of rotatable bonds is 7. The molecule has 0 saturated heterocycles. The molecule has 1 aliphatic carbocycles. The van der Waals surface area contributed by atoms with E-state index < -0.39 is 10.0 Å². The highest BCUT2D eigenvalue weighted by atomic mass is 32.2. The van der Waals surface area contributed by atoms with Gasteiger partial charge < -0.3 is 5.32 Å². The summed E-state index contributed by atoms with van der Waals surface area (Å²) in [5.74, 6) is 0. The van der Waals surface area contributed by atoms with Crippen molar-refractivity contribution in [2.75, 3.05) is 13.6 Å². The third-order valence-corrected chi connectivity index (χ3v) is 5.78. The van der Waals surface area contributed by atoms with Crippen LogP contribution in [-0.4, -0.2) is 32.4 Å². The Hall–Kier alpha value is -0.910. The molecule has 0 aromatic heterocycles. The lowest BCUT2D eigenvalue weighted by atomic mass is 10.1. The second kappa shape index (κ2) is 6.24. The first kappa shape index (κ1) is 15.5. The molecule has 1 aromatic rings. The molecule has 0 heterocycles. The van der Waals surface area contributed by atoms with Crippen molar-refractivity contribution in [2.24, 2.45) is 0 Å². The van der Waals surface area contributed by atoms with Crippen LogP contribution in [0.5, 0.6) is 0 Å². The Bertz CT molecular complexity index is 535. The minimum atomic E-state index is -3.34. The highest BCUT2D eigenvalue weighted by molar-refractivity contribution is 7.89. The standard InChI is InChI=1S/C15H24N2O2S/c1-4-11-17(14-7-8-14)20(18,19)15-9-5-13(6-10-15)12(2)16-3/h5-6,9-10,12,14,16H,4,7-8,11H2,1-3H3. The average Bonchev–Trinajstić information content (AvgIpc) is 3.28. The van der Waals surface area contributed by atoms with Gasteiger partial charge in [-0.1, -0.05) is 19.1 Å². The van der Waals surface area contributed by atoms with Gasteiger partial charge in [-0.15, -0.1) is 0 Å². The molecule has 1 aromatic carbocycles. The summed E-state index contributed by atoms with van der Waals surface area (Å²) in [6.45, 7) is 4.68. The van der Waals surface area contributed by atoms with Crippen LogP contribution in [-0.2, 0) is 10.0 Å². The van der Waals surface area contributed by atoms with Crippen LogP contribution >= 0.6 is 0 Å². The average molecular weight is 296 g/mol. The van der Waals surface area contributed by atoms with Crippen LogP contribution in [0.15, 0.2) is 29.2 Å². The number of hydrogen-bond acceptors (Lipinski definition) is 3. The predicted molar refractivity (Wildman–Crippen MR) is 81.1 cm³/mol. The maximum Gasteiger partial charge on any atom is 0.243 e. The molecule has 1 N–H and O–H groups in total. The molecule has 1 atom stereocenters. The Morgan fingerprint density at radius 3 is 2.35 bits per heavy atom. The Labute approximate surface area is 122 Å². The lowest BCUT2D eigenvalue weighted by Crippen LogP contribution is -2.33. The largest absolute Gasteiger partial charge is 0.313 e. The normalized spacial score (nSPS) is 17.4. The molecular formula is C15H24N2O2S. The number of hydrogen-bond donors (Lipinski definition) is 1. The monoisotopic (exact) mass is 296 g/mol. The van der Waals surface area contributed by atoms with Gasteiger partial charge in [-0.25, -0.2) is 8.42 Å². The van der Waals surface area contributed by atoms with Crippen molar-refractivity contribution in [1.82, 2.24) is 9.62 Å². The van der Waals surface area contributed by atoms with Crippen LogP contribution in [0.25, 0.3) is 0 Å². The maximum atomic E-state index is 12.7. The van der Waals surface area contributed by atoms with E-state index in [-0.39, 0.29) is 12.1 Å². The summed E-state index contributed by atoms with van der Waals surface area (Å²) in [6.07, 6.45) is 2.84. The first-order valence-corrected chi connectivity index (χ1v) is 8.73. The molecule has 0 spiro atoms. The van der Waals surface area contributed by atoms with E-state index in [1.165, 1.54) is 0 Å². The van der Waals surface area contributed by atoms with Gasteiger partial charge in [-0.3, -0.25) is 0 Å². The topological polar surface area (TPSA) is 49.4 Å². The molecule has 4 nitrogen and oxygen atoms in total. The quantitative estimate of drug-likeness (QED) is 0.841. The lowest BCUT2D eigenvalue weighted by Gasteiger charge is -2.21. The van der Waals surface area contributed by atoms with Crippen molar-refractivity contribution in [3.05, 3.63) is 29.8 Å². The van der Waals surface area contributed by atoms with E-state index in [1.54, 1.807) is 16.4 Å². The highest BCUT2D eigenvalue weighted by Gasteiger charge is 2.37. The van der Waals surface area contributed by atoms with E-state index in [4.69, 9.17) is 0 Å². The zero-order chi connectivity index (χ0) is 14.8. The molecule has 1 unspecified atom stereocenters. The van der Waals surface area contributed by atoms with E-state index in [0.29, 0.717) is 11.4 Å². The van der Waals surface area contributed by atoms with Crippen molar-refractivity contribution in [1.29, 1.82) is 0 Å². The maximum absolute atomic E-state index is 12.7. The zero-order valence-corrected chi connectivity index (χ0v) is 13.3. The number of sulfonamides is 1. The van der Waals surface area contributed by atoms with Gasteiger partial charge in [0.05, 0.1) is 4.90 Å².